The Morgan fingerprint density at radius 1 is 1.07 bits per heavy atom. The summed E-state index contributed by atoms with van der Waals surface area (Å²) >= 11 is 0. The molecule has 3 aromatic rings. The molecule has 1 aliphatic heterocycles. The van der Waals surface area contributed by atoms with E-state index in [0.29, 0.717) is 12.5 Å². The van der Waals surface area contributed by atoms with Crippen LogP contribution in [0.15, 0.2) is 67.0 Å². The SMILES string of the molecule is CC(C)c1ccc(NC(=O)C2CCCN(c3cc(-c4ccccc4)ncn3)C2)cc1. The van der Waals surface area contributed by atoms with Gasteiger partial charge in [-0.2, -0.15) is 0 Å². The van der Waals surface area contributed by atoms with Crippen molar-refractivity contribution in [3.63, 3.8) is 0 Å². The largest absolute Gasteiger partial charge is 0.356 e. The third-order valence-electron chi connectivity index (χ3n) is 5.68. The number of carbonyl (C=O) groups excluding carboxylic acids is 1. The average molecular weight is 401 g/mol. The molecule has 5 heteroatoms. The summed E-state index contributed by atoms with van der Waals surface area (Å²) in [5.74, 6) is 1.38. The van der Waals surface area contributed by atoms with Crippen molar-refractivity contribution in [3.8, 4) is 11.3 Å². The minimum atomic E-state index is -0.0568. The highest BCUT2D eigenvalue weighted by molar-refractivity contribution is 5.93. The van der Waals surface area contributed by atoms with Gasteiger partial charge in [0.1, 0.15) is 12.1 Å². The van der Waals surface area contributed by atoms with Crippen molar-refractivity contribution in [2.75, 3.05) is 23.3 Å². The normalized spacial score (nSPS) is 16.5. The van der Waals surface area contributed by atoms with Gasteiger partial charge in [-0.3, -0.25) is 4.79 Å². The lowest BCUT2D eigenvalue weighted by Crippen LogP contribution is -2.41. The van der Waals surface area contributed by atoms with Crippen LogP contribution in [0, 0.1) is 5.92 Å². The molecule has 1 atom stereocenters. The van der Waals surface area contributed by atoms with Crippen molar-refractivity contribution in [2.24, 2.45) is 5.92 Å². The van der Waals surface area contributed by atoms with E-state index in [1.165, 1.54) is 5.56 Å². The van der Waals surface area contributed by atoms with E-state index in [-0.39, 0.29) is 11.8 Å². The lowest BCUT2D eigenvalue weighted by molar-refractivity contribution is -0.120. The van der Waals surface area contributed by atoms with Crippen LogP contribution in [0.5, 0.6) is 0 Å². The van der Waals surface area contributed by atoms with Crippen LogP contribution in [-0.4, -0.2) is 29.0 Å². The first-order valence-corrected chi connectivity index (χ1v) is 10.6. The molecule has 0 saturated carbocycles. The van der Waals surface area contributed by atoms with Crippen molar-refractivity contribution in [1.29, 1.82) is 0 Å². The third kappa shape index (κ3) is 4.67. The number of amides is 1. The van der Waals surface area contributed by atoms with Gasteiger partial charge in [0, 0.05) is 30.4 Å². The van der Waals surface area contributed by atoms with Crippen molar-refractivity contribution >= 4 is 17.4 Å². The first kappa shape index (κ1) is 20.1. The minimum absolute atomic E-state index is 0.0568. The predicted molar refractivity (Wildman–Crippen MR) is 122 cm³/mol. The highest BCUT2D eigenvalue weighted by atomic mass is 16.1. The molecule has 30 heavy (non-hydrogen) atoms. The Morgan fingerprint density at radius 3 is 2.57 bits per heavy atom. The second kappa shape index (κ2) is 9.08. The van der Waals surface area contributed by atoms with Gasteiger partial charge in [-0.1, -0.05) is 56.3 Å². The molecule has 1 fully saturated rings. The summed E-state index contributed by atoms with van der Waals surface area (Å²) in [6, 6.07) is 20.3. The van der Waals surface area contributed by atoms with Crippen LogP contribution in [0.3, 0.4) is 0 Å². The lowest BCUT2D eigenvalue weighted by atomic mass is 9.96. The Kier molecular flexibility index (Phi) is 6.07. The summed E-state index contributed by atoms with van der Waals surface area (Å²) in [5, 5.41) is 3.09. The third-order valence-corrected chi connectivity index (χ3v) is 5.68. The number of nitrogens with one attached hydrogen (secondary N) is 1. The molecule has 2 aromatic carbocycles. The van der Waals surface area contributed by atoms with Gasteiger partial charge in [-0.05, 0) is 36.5 Å². The van der Waals surface area contributed by atoms with E-state index < -0.39 is 0 Å². The Labute approximate surface area is 178 Å². The molecule has 154 valence electrons. The maximum Gasteiger partial charge on any atom is 0.229 e. The van der Waals surface area contributed by atoms with Gasteiger partial charge in [0.05, 0.1) is 11.6 Å². The number of piperidine rings is 1. The quantitative estimate of drug-likeness (QED) is 0.646. The van der Waals surface area contributed by atoms with Crippen LogP contribution in [0.4, 0.5) is 11.5 Å². The van der Waals surface area contributed by atoms with E-state index in [0.717, 1.165) is 42.1 Å². The second-order valence-electron chi connectivity index (χ2n) is 8.18. The van der Waals surface area contributed by atoms with E-state index in [1.54, 1.807) is 6.33 Å². The number of anilines is 2. The predicted octanol–water partition coefficient (Wildman–Crippen LogP) is 5.12. The van der Waals surface area contributed by atoms with Gasteiger partial charge >= 0.3 is 0 Å². The van der Waals surface area contributed by atoms with E-state index in [9.17, 15) is 4.79 Å². The van der Waals surface area contributed by atoms with Crippen molar-refractivity contribution in [1.82, 2.24) is 9.97 Å². The van der Waals surface area contributed by atoms with Gasteiger partial charge in [-0.15, -0.1) is 0 Å². The molecule has 1 saturated heterocycles. The molecule has 1 aliphatic rings. The number of hydrogen-bond donors (Lipinski definition) is 1. The summed E-state index contributed by atoms with van der Waals surface area (Å²) in [6.45, 7) is 5.90. The van der Waals surface area contributed by atoms with Crippen LogP contribution in [-0.2, 0) is 4.79 Å². The maximum atomic E-state index is 12.9. The fourth-order valence-electron chi connectivity index (χ4n) is 3.88. The molecule has 1 N–H and O–H groups in total. The van der Waals surface area contributed by atoms with Gasteiger partial charge in [0.15, 0.2) is 0 Å². The number of rotatable bonds is 5. The van der Waals surface area contributed by atoms with E-state index in [1.807, 2.05) is 48.5 Å². The van der Waals surface area contributed by atoms with Crippen LogP contribution in [0.25, 0.3) is 11.3 Å². The zero-order valence-corrected chi connectivity index (χ0v) is 17.6. The molecule has 0 spiro atoms. The highest BCUT2D eigenvalue weighted by Crippen LogP contribution is 2.26. The molecule has 4 rings (SSSR count). The number of hydrogen-bond acceptors (Lipinski definition) is 4. The highest BCUT2D eigenvalue weighted by Gasteiger charge is 2.27. The summed E-state index contributed by atoms with van der Waals surface area (Å²) in [5.41, 5.74) is 4.10. The standard InChI is InChI=1S/C25H28N4O/c1-18(2)19-10-12-22(13-11-19)28-25(30)21-9-6-14-29(16-21)24-15-23(26-17-27-24)20-7-4-3-5-8-20/h3-5,7-8,10-13,15,17-18,21H,6,9,14,16H2,1-2H3,(H,28,30). The zero-order valence-electron chi connectivity index (χ0n) is 17.6. The summed E-state index contributed by atoms with van der Waals surface area (Å²) < 4.78 is 0. The topological polar surface area (TPSA) is 58.1 Å². The van der Waals surface area contributed by atoms with Crippen molar-refractivity contribution < 1.29 is 4.79 Å². The zero-order chi connectivity index (χ0) is 20.9. The first-order chi connectivity index (χ1) is 14.6. The summed E-state index contributed by atoms with van der Waals surface area (Å²) in [7, 11) is 0. The van der Waals surface area contributed by atoms with Crippen molar-refractivity contribution in [2.45, 2.75) is 32.6 Å². The number of carbonyl (C=O) groups is 1. The molecular weight excluding hydrogens is 372 g/mol. The Balaban J connectivity index is 1.43. The number of nitrogens with zero attached hydrogens (tertiary/aromatic N) is 3. The van der Waals surface area contributed by atoms with E-state index in [2.05, 4.69) is 46.2 Å². The molecule has 1 amide bonds. The Hall–Kier alpha value is -3.21. The van der Waals surface area contributed by atoms with Crippen LogP contribution >= 0.6 is 0 Å². The molecule has 0 aliphatic carbocycles. The van der Waals surface area contributed by atoms with E-state index >= 15 is 0 Å². The van der Waals surface area contributed by atoms with Crippen molar-refractivity contribution in [3.05, 3.63) is 72.6 Å². The average Bonchev–Trinajstić information content (AvgIpc) is 2.80. The van der Waals surface area contributed by atoms with Crippen LogP contribution in [0.1, 0.15) is 38.2 Å². The molecule has 0 bridgehead atoms. The maximum absolute atomic E-state index is 12.9. The van der Waals surface area contributed by atoms with Gasteiger partial charge in [0.25, 0.3) is 0 Å². The second-order valence-corrected chi connectivity index (χ2v) is 8.18. The monoisotopic (exact) mass is 400 g/mol. The molecule has 1 aromatic heterocycles. The smallest absolute Gasteiger partial charge is 0.229 e. The Morgan fingerprint density at radius 2 is 1.83 bits per heavy atom. The molecule has 1 unspecified atom stereocenters. The van der Waals surface area contributed by atoms with Crippen LogP contribution in [0.2, 0.25) is 0 Å². The fourth-order valence-corrected chi connectivity index (χ4v) is 3.88. The first-order valence-electron chi connectivity index (χ1n) is 10.6. The Bertz CT molecular complexity index is 986. The summed E-state index contributed by atoms with van der Waals surface area (Å²) in [4.78, 5) is 24.0. The number of aromatic nitrogens is 2. The number of benzene rings is 2. The molecule has 5 nitrogen and oxygen atoms in total. The summed E-state index contributed by atoms with van der Waals surface area (Å²) in [6.07, 6.45) is 3.47. The van der Waals surface area contributed by atoms with E-state index in [4.69, 9.17) is 0 Å². The lowest BCUT2D eigenvalue weighted by Gasteiger charge is -2.33. The van der Waals surface area contributed by atoms with Gasteiger partial charge in [-0.25, -0.2) is 9.97 Å². The fraction of sp³-hybridized carbons (Fsp3) is 0.320. The molecule has 0 radical (unpaired) electrons. The molecule has 2 heterocycles. The van der Waals surface area contributed by atoms with Gasteiger partial charge in [0.2, 0.25) is 5.91 Å². The van der Waals surface area contributed by atoms with Crippen LogP contribution < -0.4 is 10.2 Å². The molecular formula is C25H28N4O. The minimum Gasteiger partial charge on any atom is -0.356 e. The van der Waals surface area contributed by atoms with Gasteiger partial charge < -0.3 is 10.2 Å².